The molecule has 0 unspecified atom stereocenters. The summed E-state index contributed by atoms with van der Waals surface area (Å²) < 4.78 is 1.94. The van der Waals surface area contributed by atoms with E-state index >= 15 is 0 Å². The fourth-order valence-electron chi connectivity index (χ4n) is 2.93. The number of rotatable bonds is 7. The molecule has 0 saturated carbocycles. The van der Waals surface area contributed by atoms with Gasteiger partial charge in [-0.2, -0.15) is 5.10 Å². The molecule has 0 radical (unpaired) electrons. The van der Waals surface area contributed by atoms with Crippen molar-refractivity contribution in [3.05, 3.63) is 72.4 Å². The molecule has 1 heterocycles. The van der Waals surface area contributed by atoms with E-state index in [0.717, 1.165) is 40.7 Å². The van der Waals surface area contributed by atoms with Crippen LogP contribution >= 0.6 is 12.2 Å². The van der Waals surface area contributed by atoms with E-state index in [9.17, 15) is 0 Å². The first-order valence-corrected chi connectivity index (χ1v) is 9.78. The lowest BCUT2D eigenvalue weighted by Crippen LogP contribution is -2.39. The topological polar surface area (TPSA) is 36.3 Å². The van der Waals surface area contributed by atoms with Gasteiger partial charge < -0.3 is 15.1 Å². The van der Waals surface area contributed by atoms with Crippen LogP contribution in [0.15, 0.2) is 66.9 Å². The third-order valence-corrected chi connectivity index (χ3v) is 4.90. The van der Waals surface area contributed by atoms with E-state index in [1.807, 2.05) is 48.1 Å². The molecule has 0 aliphatic heterocycles. The summed E-state index contributed by atoms with van der Waals surface area (Å²) in [7, 11) is 6.12. The van der Waals surface area contributed by atoms with Crippen LogP contribution in [0.2, 0.25) is 0 Å². The first-order chi connectivity index (χ1) is 13.5. The van der Waals surface area contributed by atoms with Gasteiger partial charge in [-0.3, -0.25) is 0 Å². The summed E-state index contributed by atoms with van der Waals surface area (Å²) in [4.78, 5) is 4.19. The smallest absolute Gasteiger partial charge is 0.169 e. The van der Waals surface area contributed by atoms with E-state index in [4.69, 9.17) is 17.3 Å². The molecule has 0 amide bonds. The van der Waals surface area contributed by atoms with Gasteiger partial charge in [0.15, 0.2) is 5.11 Å². The minimum Gasteiger partial charge on any atom is -0.361 e. The number of benzene rings is 2. The molecule has 1 N–H and O–H groups in total. The van der Waals surface area contributed by atoms with E-state index in [2.05, 4.69) is 59.7 Å². The quantitative estimate of drug-likeness (QED) is 0.623. The Morgan fingerprint density at radius 3 is 2.29 bits per heavy atom. The Morgan fingerprint density at radius 1 is 1.00 bits per heavy atom. The van der Waals surface area contributed by atoms with E-state index in [1.165, 1.54) is 0 Å². The van der Waals surface area contributed by atoms with Gasteiger partial charge in [0.25, 0.3) is 0 Å². The van der Waals surface area contributed by atoms with Crippen molar-refractivity contribution in [3.63, 3.8) is 0 Å². The van der Waals surface area contributed by atoms with Crippen LogP contribution in [0.1, 0.15) is 5.56 Å². The van der Waals surface area contributed by atoms with Crippen molar-refractivity contribution in [2.24, 2.45) is 0 Å². The molecule has 146 valence electrons. The summed E-state index contributed by atoms with van der Waals surface area (Å²) in [5.41, 5.74) is 4.26. The van der Waals surface area contributed by atoms with E-state index in [-0.39, 0.29) is 0 Å². The van der Waals surface area contributed by atoms with Gasteiger partial charge in [-0.25, -0.2) is 4.68 Å². The lowest BCUT2D eigenvalue weighted by Gasteiger charge is -2.21. The molecule has 3 rings (SSSR count). The first-order valence-electron chi connectivity index (χ1n) is 9.37. The Hall–Kier alpha value is -2.70. The summed E-state index contributed by atoms with van der Waals surface area (Å²) in [5.74, 6) is 0. The van der Waals surface area contributed by atoms with Gasteiger partial charge in [0, 0.05) is 44.0 Å². The molecule has 0 aliphatic rings. The van der Waals surface area contributed by atoms with Crippen molar-refractivity contribution >= 4 is 17.3 Å². The predicted octanol–water partition coefficient (Wildman–Crippen LogP) is 3.41. The lowest BCUT2D eigenvalue weighted by molar-refractivity contribution is 0.406. The summed E-state index contributed by atoms with van der Waals surface area (Å²) in [5, 5.41) is 8.93. The largest absolute Gasteiger partial charge is 0.361 e. The number of nitrogens with one attached hydrogen (secondary N) is 1. The van der Waals surface area contributed by atoms with Gasteiger partial charge in [0.1, 0.15) is 0 Å². The number of likely N-dealkylation sites (N-methyl/N-ethyl adjacent to an activating group) is 1. The zero-order valence-electron chi connectivity index (χ0n) is 16.7. The highest BCUT2D eigenvalue weighted by Gasteiger charge is 2.15. The van der Waals surface area contributed by atoms with E-state index in [0.29, 0.717) is 6.54 Å². The molecule has 28 heavy (non-hydrogen) atoms. The minimum atomic E-state index is 0.685. The molecule has 1 aromatic heterocycles. The molecule has 6 heteroatoms. The third kappa shape index (κ3) is 5.18. The average molecular weight is 394 g/mol. The maximum Gasteiger partial charge on any atom is 0.169 e. The van der Waals surface area contributed by atoms with Crippen LogP contribution in [-0.2, 0) is 6.54 Å². The summed E-state index contributed by atoms with van der Waals surface area (Å²) >= 11 is 5.56. The van der Waals surface area contributed by atoms with Crippen LogP contribution in [0.5, 0.6) is 0 Å². The Bertz CT molecular complexity index is 890. The van der Waals surface area contributed by atoms with Crippen molar-refractivity contribution in [3.8, 4) is 16.9 Å². The highest BCUT2D eigenvalue weighted by atomic mass is 32.1. The normalized spacial score (nSPS) is 10.9. The van der Waals surface area contributed by atoms with Crippen molar-refractivity contribution in [2.75, 3.05) is 34.2 Å². The van der Waals surface area contributed by atoms with E-state index < -0.39 is 0 Å². The van der Waals surface area contributed by atoms with Crippen LogP contribution in [0.25, 0.3) is 16.9 Å². The number of nitrogens with zero attached hydrogens (tertiary/aromatic N) is 4. The standard InChI is InChI=1S/C22H27N5S/c1-25(2)15-14-23-22(28)26(3)16-19-17-27(20-12-8-5-9-13-20)24-21(19)18-10-6-4-7-11-18/h4-13,17H,14-16H2,1-3H3,(H,23,28). The van der Waals surface area contributed by atoms with Crippen molar-refractivity contribution < 1.29 is 0 Å². The second-order valence-electron chi connectivity index (χ2n) is 7.04. The molecule has 0 spiro atoms. The molecular formula is C22H27N5S. The molecule has 0 atom stereocenters. The molecule has 3 aromatic rings. The fourth-order valence-corrected chi connectivity index (χ4v) is 3.09. The second kappa shape index (κ2) is 9.48. The van der Waals surface area contributed by atoms with Crippen LogP contribution in [-0.4, -0.2) is 58.9 Å². The maximum atomic E-state index is 5.56. The lowest BCUT2D eigenvalue weighted by atomic mass is 10.1. The fraction of sp³-hybridized carbons (Fsp3) is 0.273. The Kier molecular flexibility index (Phi) is 6.79. The highest BCUT2D eigenvalue weighted by Crippen LogP contribution is 2.24. The summed E-state index contributed by atoms with van der Waals surface area (Å²) in [6.45, 7) is 2.45. The molecular weight excluding hydrogens is 366 g/mol. The van der Waals surface area contributed by atoms with Crippen molar-refractivity contribution in [2.45, 2.75) is 6.54 Å². The number of para-hydroxylation sites is 1. The van der Waals surface area contributed by atoms with Gasteiger partial charge in [0.2, 0.25) is 0 Å². The van der Waals surface area contributed by atoms with Crippen LogP contribution in [0, 0.1) is 0 Å². The zero-order chi connectivity index (χ0) is 19.9. The molecule has 5 nitrogen and oxygen atoms in total. The molecule has 0 fully saturated rings. The Morgan fingerprint density at radius 2 is 1.64 bits per heavy atom. The predicted molar refractivity (Wildman–Crippen MR) is 120 cm³/mol. The average Bonchev–Trinajstić information content (AvgIpc) is 3.12. The van der Waals surface area contributed by atoms with Gasteiger partial charge >= 0.3 is 0 Å². The summed E-state index contributed by atoms with van der Waals surface area (Å²) in [6.07, 6.45) is 2.09. The van der Waals surface area contributed by atoms with Crippen molar-refractivity contribution in [1.82, 2.24) is 24.9 Å². The van der Waals surface area contributed by atoms with Gasteiger partial charge in [-0.15, -0.1) is 0 Å². The third-order valence-electron chi connectivity index (χ3n) is 4.45. The van der Waals surface area contributed by atoms with Crippen LogP contribution in [0.4, 0.5) is 0 Å². The second-order valence-corrected chi connectivity index (χ2v) is 7.43. The highest BCUT2D eigenvalue weighted by molar-refractivity contribution is 7.80. The minimum absolute atomic E-state index is 0.685. The van der Waals surface area contributed by atoms with E-state index in [1.54, 1.807) is 0 Å². The monoisotopic (exact) mass is 393 g/mol. The molecule has 0 bridgehead atoms. The van der Waals surface area contributed by atoms with Gasteiger partial charge in [0.05, 0.1) is 11.4 Å². The Balaban J connectivity index is 1.82. The zero-order valence-corrected chi connectivity index (χ0v) is 17.5. The maximum absolute atomic E-state index is 5.56. The first kappa shape index (κ1) is 20.0. The van der Waals surface area contributed by atoms with Gasteiger partial charge in [-0.1, -0.05) is 48.5 Å². The number of hydrogen-bond acceptors (Lipinski definition) is 3. The van der Waals surface area contributed by atoms with Crippen LogP contribution in [0.3, 0.4) is 0 Å². The molecule has 0 aliphatic carbocycles. The summed E-state index contributed by atoms with van der Waals surface area (Å²) in [6, 6.07) is 20.5. The number of hydrogen-bond donors (Lipinski definition) is 1. The van der Waals surface area contributed by atoms with Gasteiger partial charge in [-0.05, 0) is 38.4 Å². The molecule has 0 saturated heterocycles. The Labute approximate surface area is 172 Å². The SMILES string of the molecule is CN(C)CCNC(=S)N(C)Cc1cn(-c2ccccc2)nc1-c1ccccc1. The number of thiocarbonyl (C=S) groups is 1. The van der Waals surface area contributed by atoms with Crippen LogP contribution < -0.4 is 5.32 Å². The van der Waals surface area contributed by atoms with Crippen molar-refractivity contribution in [1.29, 1.82) is 0 Å². The molecule has 2 aromatic carbocycles. The number of aromatic nitrogens is 2.